The average Bonchev–Trinajstić information content (AvgIpc) is 3.14. The van der Waals surface area contributed by atoms with Crippen LogP contribution in [0.4, 0.5) is 5.69 Å². The summed E-state index contributed by atoms with van der Waals surface area (Å²) in [4.78, 5) is 15.4. The second kappa shape index (κ2) is 9.81. The van der Waals surface area contributed by atoms with Crippen LogP contribution in [0.1, 0.15) is 52.8 Å². The minimum atomic E-state index is 0.292. The number of nitrogens with zero attached hydrogens (tertiary/aromatic N) is 1. The smallest absolute Gasteiger partial charge is 0.150 e. The molecule has 3 N–H and O–H groups in total. The van der Waals surface area contributed by atoms with Crippen LogP contribution < -0.4 is 11.1 Å². The van der Waals surface area contributed by atoms with Gasteiger partial charge in [0.25, 0.3) is 0 Å². The molecular formula is C24H31N3OS. The Morgan fingerprint density at radius 1 is 1.10 bits per heavy atom. The lowest BCUT2D eigenvalue weighted by molar-refractivity contribution is 0.112. The largest absolute Gasteiger partial charge is 0.399 e. The molecule has 154 valence electrons. The number of carbonyl (C=O) groups excluding carboxylic acids is 1. The Labute approximate surface area is 178 Å². The van der Waals surface area contributed by atoms with Crippen molar-refractivity contribution in [3.63, 3.8) is 0 Å². The molecule has 0 fully saturated rings. The third kappa shape index (κ3) is 6.80. The monoisotopic (exact) mass is 409 g/mol. The zero-order valence-electron chi connectivity index (χ0n) is 18.2. The van der Waals surface area contributed by atoms with E-state index in [1.165, 1.54) is 11.1 Å². The molecule has 0 bridgehead atoms. The lowest BCUT2D eigenvalue weighted by Crippen LogP contribution is -2.31. The van der Waals surface area contributed by atoms with Crippen LogP contribution in [-0.4, -0.2) is 23.9 Å². The van der Waals surface area contributed by atoms with Crippen molar-refractivity contribution < 1.29 is 4.79 Å². The summed E-state index contributed by atoms with van der Waals surface area (Å²) in [7, 11) is 1.96. The summed E-state index contributed by atoms with van der Waals surface area (Å²) < 4.78 is 0. The summed E-state index contributed by atoms with van der Waals surface area (Å²) in [6.45, 7) is 10.5. The van der Waals surface area contributed by atoms with Crippen LogP contribution in [0.5, 0.6) is 0 Å². The highest BCUT2D eigenvalue weighted by Crippen LogP contribution is 2.26. The van der Waals surface area contributed by atoms with Gasteiger partial charge in [-0.05, 0) is 64.4 Å². The van der Waals surface area contributed by atoms with Gasteiger partial charge < -0.3 is 11.1 Å². The maximum atomic E-state index is 10.7. The molecule has 0 unspecified atom stereocenters. The van der Waals surface area contributed by atoms with E-state index in [-0.39, 0.29) is 0 Å². The van der Waals surface area contributed by atoms with E-state index in [1.807, 2.05) is 44.3 Å². The van der Waals surface area contributed by atoms with Crippen molar-refractivity contribution in [3.05, 3.63) is 69.0 Å². The lowest BCUT2D eigenvalue weighted by Gasteiger charge is -2.15. The Morgan fingerprint density at radius 2 is 1.72 bits per heavy atom. The van der Waals surface area contributed by atoms with E-state index in [9.17, 15) is 4.79 Å². The molecule has 0 saturated heterocycles. The van der Waals surface area contributed by atoms with E-state index in [0.29, 0.717) is 11.1 Å². The van der Waals surface area contributed by atoms with E-state index in [2.05, 4.69) is 44.5 Å². The molecular weight excluding hydrogens is 378 g/mol. The molecule has 5 heteroatoms. The molecule has 1 heterocycles. The number of hydrogen-bond acceptors (Lipinski definition) is 5. The fourth-order valence-corrected chi connectivity index (χ4v) is 3.34. The molecule has 0 saturated carbocycles. The first-order valence-corrected chi connectivity index (χ1v) is 10.6. The fraction of sp³-hybridized carbons (Fsp3) is 0.333. The third-order valence-corrected chi connectivity index (χ3v) is 5.56. The summed E-state index contributed by atoms with van der Waals surface area (Å²) >= 11 is 1.66. The molecule has 3 aromatic rings. The van der Waals surface area contributed by atoms with Crippen molar-refractivity contribution in [1.82, 2.24) is 10.3 Å². The summed E-state index contributed by atoms with van der Waals surface area (Å²) in [6, 6.07) is 11.7. The standard InChI is InChI=1S/C19H18N2OS.C5H13N/c1-12-8-17(20)13(2)7-16(12)9-19-21-18(11-23-19)15-5-3-14(10-22)4-6-15;1-5(2,3)6-4/h3-8,10-11H,9,20H2,1-2H3;6H,1-4H3. The van der Waals surface area contributed by atoms with Crippen LogP contribution in [-0.2, 0) is 6.42 Å². The van der Waals surface area contributed by atoms with Crippen LogP contribution in [0.15, 0.2) is 41.8 Å². The van der Waals surface area contributed by atoms with Gasteiger partial charge in [0.05, 0.1) is 10.7 Å². The Kier molecular flexibility index (Phi) is 7.71. The molecule has 0 aliphatic carbocycles. The van der Waals surface area contributed by atoms with E-state index >= 15 is 0 Å². The second-order valence-electron chi connectivity index (χ2n) is 8.18. The molecule has 4 nitrogen and oxygen atoms in total. The van der Waals surface area contributed by atoms with Gasteiger partial charge >= 0.3 is 0 Å². The Balaban J connectivity index is 0.000000438. The Morgan fingerprint density at radius 3 is 2.28 bits per heavy atom. The number of hydrogen-bond donors (Lipinski definition) is 2. The number of aryl methyl sites for hydroxylation is 2. The normalized spacial score (nSPS) is 11.0. The maximum absolute atomic E-state index is 10.7. The number of nitrogen functional groups attached to an aromatic ring is 1. The molecule has 0 spiro atoms. The van der Waals surface area contributed by atoms with Crippen LogP contribution in [0.3, 0.4) is 0 Å². The van der Waals surface area contributed by atoms with Crippen LogP contribution in [0.2, 0.25) is 0 Å². The summed E-state index contributed by atoms with van der Waals surface area (Å²) in [5.74, 6) is 0. The number of benzene rings is 2. The number of carbonyl (C=O) groups is 1. The van der Waals surface area contributed by atoms with Gasteiger partial charge in [-0.25, -0.2) is 4.98 Å². The molecule has 0 aliphatic rings. The van der Waals surface area contributed by atoms with Crippen molar-refractivity contribution in [3.8, 4) is 11.3 Å². The summed E-state index contributed by atoms with van der Waals surface area (Å²) in [5, 5.41) is 6.24. The zero-order chi connectivity index (χ0) is 21.6. The highest BCUT2D eigenvalue weighted by Gasteiger charge is 2.09. The molecule has 29 heavy (non-hydrogen) atoms. The van der Waals surface area contributed by atoms with Crippen molar-refractivity contribution in [2.75, 3.05) is 12.8 Å². The maximum Gasteiger partial charge on any atom is 0.150 e. The second-order valence-corrected chi connectivity index (χ2v) is 9.12. The number of thiazole rings is 1. The number of rotatable bonds is 4. The van der Waals surface area contributed by atoms with E-state index in [0.717, 1.165) is 40.2 Å². The van der Waals surface area contributed by atoms with Gasteiger partial charge in [-0.1, -0.05) is 30.3 Å². The summed E-state index contributed by atoms with van der Waals surface area (Å²) in [6.07, 6.45) is 1.66. The van der Waals surface area contributed by atoms with Gasteiger partial charge in [-0.3, -0.25) is 4.79 Å². The highest BCUT2D eigenvalue weighted by molar-refractivity contribution is 7.10. The average molecular weight is 410 g/mol. The molecule has 2 aromatic carbocycles. The first-order chi connectivity index (χ1) is 13.6. The molecule has 3 rings (SSSR count). The SMILES string of the molecule is CNC(C)(C)C.Cc1cc(Cc2nc(-c3ccc(C=O)cc3)cs2)c(C)cc1N. The van der Waals surface area contributed by atoms with Crippen molar-refractivity contribution in [1.29, 1.82) is 0 Å². The van der Waals surface area contributed by atoms with Crippen molar-refractivity contribution in [2.24, 2.45) is 0 Å². The lowest BCUT2D eigenvalue weighted by atomic mass is 10.0. The Hall–Kier alpha value is -2.50. The molecule has 0 radical (unpaired) electrons. The topological polar surface area (TPSA) is 68.0 Å². The number of nitrogens with one attached hydrogen (secondary N) is 1. The van der Waals surface area contributed by atoms with Crippen molar-refractivity contribution >= 4 is 23.3 Å². The number of aromatic nitrogens is 1. The molecule has 0 atom stereocenters. The predicted molar refractivity (Wildman–Crippen MR) is 125 cm³/mol. The van der Waals surface area contributed by atoms with E-state index in [1.54, 1.807) is 11.3 Å². The zero-order valence-corrected chi connectivity index (χ0v) is 19.0. The van der Waals surface area contributed by atoms with E-state index in [4.69, 9.17) is 10.7 Å². The van der Waals surface area contributed by atoms with Crippen LogP contribution in [0.25, 0.3) is 11.3 Å². The summed E-state index contributed by atoms with van der Waals surface area (Å²) in [5.41, 5.74) is 13.3. The van der Waals surface area contributed by atoms with Gasteiger partial charge in [0, 0.05) is 34.2 Å². The fourth-order valence-electron chi connectivity index (χ4n) is 2.51. The van der Waals surface area contributed by atoms with Gasteiger partial charge in [-0.2, -0.15) is 0 Å². The Bertz CT molecular complexity index is 953. The minimum Gasteiger partial charge on any atom is -0.399 e. The van der Waals surface area contributed by atoms with Gasteiger partial charge in [-0.15, -0.1) is 11.3 Å². The number of aldehydes is 1. The molecule has 1 aromatic heterocycles. The quantitative estimate of drug-likeness (QED) is 0.446. The third-order valence-electron chi connectivity index (χ3n) is 4.71. The van der Waals surface area contributed by atoms with Gasteiger partial charge in [0.15, 0.2) is 0 Å². The van der Waals surface area contributed by atoms with Crippen molar-refractivity contribution in [2.45, 2.75) is 46.6 Å². The van der Waals surface area contributed by atoms with Crippen LogP contribution >= 0.6 is 11.3 Å². The van der Waals surface area contributed by atoms with Gasteiger partial charge in [0.2, 0.25) is 0 Å². The highest BCUT2D eigenvalue weighted by atomic mass is 32.1. The van der Waals surface area contributed by atoms with Gasteiger partial charge in [0.1, 0.15) is 6.29 Å². The minimum absolute atomic E-state index is 0.292. The number of nitrogens with two attached hydrogens (primary N) is 1. The molecule has 0 amide bonds. The number of anilines is 1. The predicted octanol–water partition coefficient (Wildman–Crippen LogP) is 5.42. The van der Waals surface area contributed by atoms with Crippen LogP contribution in [0, 0.1) is 13.8 Å². The first-order valence-electron chi connectivity index (χ1n) is 9.67. The molecule has 0 aliphatic heterocycles. The van der Waals surface area contributed by atoms with E-state index < -0.39 is 0 Å². The first kappa shape index (κ1) is 22.8.